The fourth-order valence-electron chi connectivity index (χ4n) is 7.06. The maximum absolute atomic E-state index is 14.4. The summed E-state index contributed by atoms with van der Waals surface area (Å²) in [7, 11) is 5.24. The third-order valence-electron chi connectivity index (χ3n) is 9.50. The number of ether oxygens (including phenoxy) is 2. The van der Waals surface area contributed by atoms with Crippen LogP contribution in [-0.4, -0.2) is 77.5 Å². The second-order valence-electron chi connectivity index (χ2n) is 12.8. The van der Waals surface area contributed by atoms with Gasteiger partial charge in [-0.2, -0.15) is 0 Å². The standard InChI is InChI=1S/C33H45FN4O3/c1-20(2)31(25-13-33(14-25,40-7)41-8)37-17-23(18-37)11-24-19-38(29-16-35-15-22(5)30(24)29)28-10-9-26(34)12-27(28)32(39)36(6)21(3)4/h9-10,12,15-16,19-21,23,25,31H,11,13-14,17-18H2,1-8H3. The summed E-state index contributed by atoms with van der Waals surface area (Å²) in [5.74, 6) is 0.633. The van der Waals surface area contributed by atoms with Gasteiger partial charge in [0.15, 0.2) is 5.79 Å². The average molecular weight is 565 g/mol. The third-order valence-corrected chi connectivity index (χ3v) is 9.50. The molecule has 1 saturated heterocycles. The van der Waals surface area contributed by atoms with Gasteiger partial charge in [-0.15, -0.1) is 0 Å². The molecule has 5 rings (SSSR count). The van der Waals surface area contributed by atoms with Gasteiger partial charge in [0.25, 0.3) is 5.91 Å². The van der Waals surface area contributed by atoms with Crippen LogP contribution in [0.1, 0.15) is 62.0 Å². The lowest BCUT2D eigenvalue weighted by molar-refractivity contribution is -0.281. The number of aryl methyl sites for hydroxylation is 1. The summed E-state index contributed by atoms with van der Waals surface area (Å²) in [5, 5.41) is 1.17. The molecule has 7 nitrogen and oxygen atoms in total. The zero-order chi connectivity index (χ0) is 29.6. The highest BCUT2D eigenvalue weighted by Crippen LogP contribution is 2.47. The van der Waals surface area contributed by atoms with Gasteiger partial charge in [0.05, 0.1) is 23.0 Å². The molecule has 41 heavy (non-hydrogen) atoms. The largest absolute Gasteiger partial charge is 0.353 e. The Balaban J connectivity index is 1.40. The van der Waals surface area contributed by atoms with Crippen molar-refractivity contribution in [1.29, 1.82) is 0 Å². The predicted octanol–water partition coefficient (Wildman–Crippen LogP) is 5.85. The van der Waals surface area contributed by atoms with E-state index in [1.807, 2.05) is 30.8 Å². The summed E-state index contributed by atoms with van der Waals surface area (Å²) in [5.41, 5.74) is 4.31. The minimum Gasteiger partial charge on any atom is -0.353 e. The van der Waals surface area contributed by atoms with E-state index in [1.165, 1.54) is 23.1 Å². The Kier molecular flexibility index (Phi) is 8.30. The van der Waals surface area contributed by atoms with Gasteiger partial charge in [-0.25, -0.2) is 4.39 Å². The van der Waals surface area contributed by atoms with Gasteiger partial charge in [-0.05, 0) is 74.3 Å². The van der Waals surface area contributed by atoms with Gasteiger partial charge >= 0.3 is 0 Å². The highest BCUT2D eigenvalue weighted by Gasteiger charge is 2.51. The zero-order valence-electron chi connectivity index (χ0n) is 25.8. The second-order valence-corrected chi connectivity index (χ2v) is 12.8. The molecule has 222 valence electrons. The molecule has 1 amide bonds. The van der Waals surface area contributed by atoms with E-state index in [0.29, 0.717) is 35.0 Å². The summed E-state index contributed by atoms with van der Waals surface area (Å²) < 4.78 is 27.8. The molecule has 2 aromatic heterocycles. The normalized spacial score (nSPS) is 18.6. The average Bonchev–Trinajstić information content (AvgIpc) is 3.26. The van der Waals surface area contributed by atoms with Crippen molar-refractivity contribution in [1.82, 2.24) is 19.4 Å². The molecular formula is C33H45FN4O3. The highest BCUT2D eigenvalue weighted by molar-refractivity contribution is 5.99. The number of halogens is 1. The van der Waals surface area contributed by atoms with Crippen LogP contribution in [0, 0.1) is 30.5 Å². The molecular weight excluding hydrogens is 519 g/mol. The molecule has 0 spiro atoms. The number of rotatable bonds is 10. The van der Waals surface area contributed by atoms with Crippen molar-refractivity contribution >= 4 is 16.8 Å². The van der Waals surface area contributed by atoms with E-state index in [1.54, 1.807) is 32.2 Å². The lowest BCUT2D eigenvalue weighted by Crippen LogP contribution is -2.62. The molecule has 1 aromatic carbocycles. The topological polar surface area (TPSA) is 59.8 Å². The van der Waals surface area contributed by atoms with Crippen LogP contribution in [0.15, 0.2) is 36.8 Å². The van der Waals surface area contributed by atoms with Crippen molar-refractivity contribution in [2.45, 2.75) is 71.8 Å². The van der Waals surface area contributed by atoms with E-state index in [2.05, 4.69) is 36.9 Å². The SMILES string of the molecule is COC1(OC)CC(C(C(C)C)N2CC(Cc3cn(-c4ccc(F)cc4C(=O)N(C)C(C)C)c4cncc(C)c34)C2)C1. The molecule has 0 N–H and O–H groups in total. The summed E-state index contributed by atoms with van der Waals surface area (Å²) in [6, 6.07) is 5.00. The van der Waals surface area contributed by atoms with Gasteiger partial charge in [0.2, 0.25) is 0 Å². The Morgan fingerprint density at radius 2 is 1.83 bits per heavy atom. The first-order valence-electron chi connectivity index (χ1n) is 14.8. The Bertz CT molecular complexity index is 1400. The molecule has 2 aliphatic rings. The molecule has 0 bridgehead atoms. The quantitative estimate of drug-likeness (QED) is 0.289. The number of fused-ring (bicyclic) bond motifs is 1. The van der Waals surface area contributed by atoms with Crippen LogP contribution < -0.4 is 0 Å². The molecule has 1 atom stereocenters. The number of benzene rings is 1. The van der Waals surface area contributed by atoms with E-state index in [0.717, 1.165) is 43.4 Å². The van der Waals surface area contributed by atoms with Gasteiger partial charge in [0, 0.05) is 77.1 Å². The zero-order valence-corrected chi connectivity index (χ0v) is 25.8. The number of aromatic nitrogens is 2. The molecule has 1 unspecified atom stereocenters. The van der Waals surface area contributed by atoms with E-state index in [-0.39, 0.29) is 11.9 Å². The molecule has 8 heteroatoms. The van der Waals surface area contributed by atoms with E-state index >= 15 is 0 Å². The Hall–Kier alpha value is -2.81. The van der Waals surface area contributed by atoms with Gasteiger partial charge < -0.3 is 18.9 Å². The maximum atomic E-state index is 14.4. The second kappa shape index (κ2) is 11.5. The van der Waals surface area contributed by atoms with Crippen molar-refractivity contribution < 1.29 is 18.7 Å². The molecule has 1 aliphatic heterocycles. The van der Waals surface area contributed by atoms with Crippen LogP contribution >= 0.6 is 0 Å². The van der Waals surface area contributed by atoms with Crippen LogP contribution in [0.5, 0.6) is 0 Å². The predicted molar refractivity (Wildman–Crippen MR) is 160 cm³/mol. The number of likely N-dealkylation sites (tertiary alicyclic amines) is 1. The lowest BCUT2D eigenvalue weighted by Gasteiger charge is -2.55. The van der Waals surface area contributed by atoms with Gasteiger partial charge in [-0.1, -0.05) is 13.8 Å². The first kappa shape index (κ1) is 29.7. The summed E-state index contributed by atoms with van der Waals surface area (Å²) in [6.45, 7) is 12.7. The number of hydrogen-bond acceptors (Lipinski definition) is 5. The smallest absolute Gasteiger partial charge is 0.256 e. The number of amides is 1. The number of hydrogen-bond donors (Lipinski definition) is 0. The summed E-state index contributed by atoms with van der Waals surface area (Å²) >= 11 is 0. The van der Waals surface area contributed by atoms with Crippen LogP contribution in [-0.2, 0) is 15.9 Å². The number of pyridine rings is 1. The van der Waals surface area contributed by atoms with Crippen molar-refractivity contribution in [2.24, 2.45) is 17.8 Å². The molecule has 1 aliphatic carbocycles. The lowest BCUT2D eigenvalue weighted by atomic mass is 9.69. The number of methoxy groups -OCH3 is 2. The van der Waals surface area contributed by atoms with E-state index < -0.39 is 11.6 Å². The summed E-state index contributed by atoms with van der Waals surface area (Å²) in [6.07, 6.45) is 8.71. The Morgan fingerprint density at radius 1 is 1.15 bits per heavy atom. The van der Waals surface area contributed by atoms with Crippen LogP contribution in [0.4, 0.5) is 4.39 Å². The maximum Gasteiger partial charge on any atom is 0.256 e. The van der Waals surface area contributed by atoms with Gasteiger partial charge in [0.1, 0.15) is 5.82 Å². The molecule has 3 heterocycles. The van der Waals surface area contributed by atoms with E-state index in [4.69, 9.17) is 9.47 Å². The van der Waals surface area contributed by atoms with Crippen molar-refractivity contribution in [3.8, 4) is 5.69 Å². The Labute approximate surface area is 243 Å². The first-order valence-corrected chi connectivity index (χ1v) is 14.8. The minimum atomic E-state index is -0.422. The first-order chi connectivity index (χ1) is 19.5. The highest BCUT2D eigenvalue weighted by atomic mass is 19.1. The molecule has 3 aromatic rings. The van der Waals surface area contributed by atoms with Crippen LogP contribution in [0.3, 0.4) is 0 Å². The number of carbonyl (C=O) groups is 1. The summed E-state index contributed by atoms with van der Waals surface area (Å²) in [4.78, 5) is 22.2. The monoisotopic (exact) mass is 564 g/mol. The molecule has 1 saturated carbocycles. The van der Waals surface area contributed by atoms with Crippen molar-refractivity contribution in [2.75, 3.05) is 34.4 Å². The van der Waals surface area contributed by atoms with Crippen LogP contribution in [0.25, 0.3) is 16.6 Å². The Morgan fingerprint density at radius 3 is 2.44 bits per heavy atom. The minimum absolute atomic E-state index is 0.00363. The molecule has 0 radical (unpaired) electrons. The van der Waals surface area contributed by atoms with Crippen LogP contribution in [0.2, 0.25) is 0 Å². The van der Waals surface area contributed by atoms with Crippen molar-refractivity contribution in [3.05, 3.63) is 59.3 Å². The van der Waals surface area contributed by atoms with Gasteiger partial charge in [-0.3, -0.25) is 14.7 Å². The third kappa shape index (κ3) is 5.42. The fraction of sp³-hybridized carbons (Fsp3) is 0.576. The number of nitrogens with zero attached hydrogens (tertiary/aromatic N) is 4. The fourth-order valence-corrected chi connectivity index (χ4v) is 7.06. The van der Waals surface area contributed by atoms with E-state index in [9.17, 15) is 9.18 Å². The van der Waals surface area contributed by atoms with Crippen molar-refractivity contribution in [3.63, 3.8) is 0 Å². The number of carbonyl (C=O) groups excluding carboxylic acids is 1. The molecule has 2 fully saturated rings.